The van der Waals surface area contributed by atoms with E-state index in [1.54, 1.807) is 14.0 Å². The van der Waals surface area contributed by atoms with Crippen molar-refractivity contribution in [2.45, 2.75) is 6.92 Å². The third kappa shape index (κ3) is 2.41. The number of rotatable bonds is 3. The number of benzene rings is 1. The normalized spacial score (nSPS) is 10.5. The van der Waals surface area contributed by atoms with Gasteiger partial charge in [-0.15, -0.1) is 0 Å². The average molecular weight is 282 g/mol. The van der Waals surface area contributed by atoms with Crippen LogP contribution in [0.5, 0.6) is 0 Å². The van der Waals surface area contributed by atoms with Gasteiger partial charge in [0.25, 0.3) is 0 Å². The van der Waals surface area contributed by atoms with E-state index in [9.17, 15) is 8.78 Å². The van der Waals surface area contributed by atoms with Gasteiger partial charge in [0.2, 0.25) is 0 Å². The Bertz CT molecular complexity index is 651. The summed E-state index contributed by atoms with van der Waals surface area (Å²) in [7, 11) is 1.66. The van der Waals surface area contributed by atoms with Crippen LogP contribution in [0.2, 0.25) is 0 Å². The second kappa shape index (κ2) is 4.93. The minimum absolute atomic E-state index is 0.000463. The fraction of sp³-hybridized carbons (Fsp3) is 0.167. The van der Waals surface area contributed by atoms with Crippen molar-refractivity contribution in [3.63, 3.8) is 0 Å². The van der Waals surface area contributed by atoms with E-state index in [0.29, 0.717) is 17.1 Å². The number of halogens is 2. The Balaban J connectivity index is 2.49. The molecule has 19 heavy (non-hydrogen) atoms. The molecule has 0 amide bonds. The maximum atomic E-state index is 13.6. The number of aryl methyl sites for hydroxylation is 2. The maximum Gasteiger partial charge on any atom is 0.182 e. The summed E-state index contributed by atoms with van der Waals surface area (Å²) in [5, 5.41) is 6.92. The molecule has 2 aromatic rings. The zero-order valence-electron chi connectivity index (χ0n) is 10.4. The SMILES string of the molecule is Cc1nn(C)c(Nc2cccc(F)c2F)c1C(N)=S. The van der Waals surface area contributed by atoms with E-state index in [2.05, 4.69) is 10.4 Å². The third-order valence-electron chi connectivity index (χ3n) is 2.67. The highest BCUT2D eigenvalue weighted by Gasteiger charge is 2.17. The highest BCUT2D eigenvalue weighted by atomic mass is 32.1. The van der Waals surface area contributed by atoms with Crippen molar-refractivity contribution in [1.29, 1.82) is 0 Å². The Labute approximate surface area is 114 Å². The van der Waals surface area contributed by atoms with Crippen molar-refractivity contribution in [2.24, 2.45) is 12.8 Å². The van der Waals surface area contributed by atoms with Gasteiger partial charge in [-0.2, -0.15) is 5.10 Å². The lowest BCUT2D eigenvalue weighted by atomic mass is 10.2. The summed E-state index contributed by atoms with van der Waals surface area (Å²) in [5.74, 6) is -1.47. The van der Waals surface area contributed by atoms with Gasteiger partial charge in [-0.25, -0.2) is 8.78 Å². The summed E-state index contributed by atoms with van der Waals surface area (Å²) in [6.45, 7) is 1.74. The van der Waals surface area contributed by atoms with Gasteiger partial charge < -0.3 is 11.1 Å². The van der Waals surface area contributed by atoms with Crippen LogP contribution in [-0.2, 0) is 7.05 Å². The molecule has 1 aromatic heterocycles. The molecule has 4 nitrogen and oxygen atoms in total. The Morgan fingerprint density at radius 3 is 2.74 bits per heavy atom. The lowest BCUT2D eigenvalue weighted by molar-refractivity contribution is 0.511. The molecule has 0 fully saturated rings. The van der Waals surface area contributed by atoms with Crippen LogP contribution in [0, 0.1) is 18.6 Å². The molecule has 7 heteroatoms. The van der Waals surface area contributed by atoms with E-state index in [4.69, 9.17) is 18.0 Å². The summed E-state index contributed by atoms with van der Waals surface area (Å²) in [6, 6.07) is 3.87. The van der Waals surface area contributed by atoms with Gasteiger partial charge in [0, 0.05) is 7.05 Å². The third-order valence-corrected chi connectivity index (χ3v) is 2.88. The smallest absolute Gasteiger partial charge is 0.182 e. The van der Waals surface area contributed by atoms with Gasteiger partial charge in [-0.05, 0) is 19.1 Å². The van der Waals surface area contributed by atoms with Crippen molar-refractivity contribution in [1.82, 2.24) is 9.78 Å². The van der Waals surface area contributed by atoms with Gasteiger partial charge in [-0.1, -0.05) is 18.3 Å². The number of hydrogen-bond acceptors (Lipinski definition) is 3. The van der Waals surface area contributed by atoms with Crippen LogP contribution in [0.25, 0.3) is 0 Å². The van der Waals surface area contributed by atoms with Crippen LogP contribution < -0.4 is 11.1 Å². The van der Waals surface area contributed by atoms with E-state index < -0.39 is 11.6 Å². The summed E-state index contributed by atoms with van der Waals surface area (Å²) >= 11 is 4.94. The molecule has 0 aliphatic heterocycles. The molecule has 0 saturated heterocycles. The van der Waals surface area contributed by atoms with E-state index in [1.165, 1.54) is 16.8 Å². The Morgan fingerprint density at radius 2 is 2.11 bits per heavy atom. The molecule has 0 spiro atoms. The molecule has 1 heterocycles. The summed E-state index contributed by atoms with van der Waals surface area (Å²) in [5.41, 5.74) is 6.76. The van der Waals surface area contributed by atoms with Crippen molar-refractivity contribution in [3.8, 4) is 0 Å². The first-order valence-electron chi connectivity index (χ1n) is 5.46. The zero-order chi connectivity index (χ0) is 14.2. The van der Waals surface area contributed by atoms with Crippen LogP contribution >= 0.6 is 12.2 Å². The van der Waals surface area contributed by atoms with Gasteiger partial charge in [-0.3, -0.25) is 4.68 Å². The molecule has 0 aliphatic carbocycles. The average Bonchev–Trinajstić information content (AvgIpc) is 2.60. The van der Waals surface area contributed by atoms with Crippen LogP contribution in [0.1, 0.15) is 11.3 Å². The number of nitrogens with zero attached hydrogens (tertiary/aromatic N) is 2. The van der Waals surface area contributed by atoms with E-state index in [0.717, 1.165) is 6.07 Å². The molecule has 1 aromatic carbocycles. The number of thiocarbonyl (C=S) groups is 1. The monoisotopic (exact) mass is 282 g/mol. The van der Waals surface area contributed by atoms with Gasteiger partial charge in [0.1, 0.15) is 10.8 Å². The second-order valence-electron chi connectivity index (χ2n) is 4.02. The van der Waals surface area contributed by atoms with Crippen molar-refractivity contribution >= 4 is 28.7 Å². The lowest BCUT2D eigenvalue weighted by Crippen LogP contribution is -2.13. The highest BCUT2D eigenvalue weighted by Crippen LogP contribution is 2.25. The van der Waals surface area contributed by atoms with E-state index in [1.807, 2.05) is 0 Å². The highest BCUT2D eigenvalue weighted by molar-refractivity contribution is 7.80. The molecular formula is C12H12F2N4S. The van der Waals surface area contributed by atoms with Crippen molar-refractivity contribution in [2.75, 3.05) is 5.32 Å². The second-order valence-corrected chi connectivity index (χ2v) is 4.46. The standard InChI is InChI=1S/C12H12F2N4S/c1-6-9(11(15)19)12(18(2)17-6)16-8-5-3-4-7(13)10(8)14/h3-5,16H,1-2H3,(H2,15,19). The van der Waals surface area contributed by atoms with E-state index >= 15 is 0 Å². The first kappa shape index (κ1) is 13.4. The fourth-order valence-electron chi connectivity index (χ4n) is 1.82. The van der Waals surface area contributed by atoms with Gasteiger partial charge in [0.05, 0.1) is 16.9 Å². The first-order chi connectivity index (χ1) is 8.91. The number of nitrogens with two attached hydrogens (primary N) is 1. The summed E-state index contributed by atoms with van der Waals surface area (Å²) < 4.78 is 28.3. The topological polar surface area (TPSA) is 55.9 Å². The molecule has 0 radical (unpaired) electrons. The zero-order valence-corrected chi connectivity index (χ0v) is 11.2. The number of nitrogens with one attached hydrogen (secondary N) is 1. The Kier molecular flexibility index (Phi) is 3.48. The molecule has 0 atom stereocenters. The predicted octanol–water partition coefficient (Wildman–Crippen LogP) is 2.38. The fourth-order valence-corrected chi connectivity index (χ4v) is 2.07. The summed E-state index contributed by atoms with van der Waals surface area (Å²) in [4.78, 5) is 0.143. The summed E-state index contributed by atoms with van der Waals surface area (Å²) in [6.07, 6.45) is 0. The van der Waals surface area contributed by atoms with Gasteiger partial charge >= 0.3 is 0 Å². The Hall–Kier alpha value is -2.02. The maximum absolute atomic E-state index is 13.6. The molecule has 100 valence electrons. The number of anilines is 2. The number of hydrogen-bond donors (Lipinski definition) is 2. The van der Waals surface area contributed by atoms with Crippen LogP contribution in [-0.4, -0.2) is 14.8 Å². The van der Waals surface area contributed by atoms with Crippen LogP contribution in [0.3, 0.4) is 0 Å². The quantitative estimate of drug-likeness (QED) is 0.849. The molecule has 0 saturated carbocycles. The first-order valence-corrected chi connectivity index (χ1v) is 5.87. The molecule has 0 bridgehead atoms. The molecule has 0 unspecified atom stereocenters. The van der Waals surface area contributed by atoms with Crippen LogP contribution in [0.15, 0.2) is 18.2 Å². The molecule has 3 N–H and O–H groups in total. The molecule has 0 aliphatic rings. The Morgan fingerprint density at radius 1 is 1.42 bits per heavy atom. The molecular weight excluding hydrogens is 270 g/mol. The largest absolute Gasteiger partial charge is 0.389 e. The predicted molar refractivity (Wildman–Crippen MR) is 73.5 cm³/mol. The molecule has 2 rings (SSSR count). The van der Waals surface area contributed by atoms with E-state index in [-0.39, 0.29) is 10.7 Å². The van der Waals surface area contributed by atoms with Gasteiger partial charge in [0.15, 0.2) is 11.6 Å². The minimum atomic E-state index is -0.963. The lowest BCUT2D eigenvalue weighted by Gasteiger charge is -2.10. The van der Waals surface area contributed by atoms with Crippen molar-refractivity contribution in [3.05, 3.63) is 41.1 Å². The minimum Gasteiger partial charge on any atom is -0.389 e. The van der Waals surface area contributed by atoms with Crippen molar-refractivity contribution < 1.29 is 8.78 Å². The number of aromatic nitrogens is 2. The van der Waals surface area contributed by atoms with Crippen LogP contribution in [0.4, 0.5) is 20.3 Å².